The summed E-state index contributed by atoms with van der Waals surface area (Å²) in [6.07, 6.45) is 0. The molecule has 0 unspecified atom stereocenters. The first-order valence-corrected chi connectivity index (χ1v) is 10.9. The maximum Gasteiger partial charge on any atom is 0.246 e. The van der Waals surface area contributed by atoms with Gasteiger partial charge in [0.15, 0.2) is 0 Å². The van der Waals surface area contributed by atoms with E-state index in [0.717, 1.165) is 22.2 Å². The van der Waals surface area contributed by atoms with Crippen molar-refractivity contribution in [3.8, 4) is 22.8 Å². The molecule has 0 aliphatic rings. The average Bonchev–Trinajstić information content (AvgIpc) is 3.13. The molecule has 0 spiro atoms. The van der Waals surface area contributed by atoms with E-state index in [1.165, 1.54) is 0 Å². The molecule has 0 radical (unpaired) electrons. The molecule has 1 aromatic heterocycles. The number of carbonyl (C=O) groups excluding carboxylic acids is 1. The number of fused-ring (bicyclic) bond motifs is 1. The third-order valence-corrected chi connectivity index (χ3v) is 5.12. The molecule has 3 aromatic carbocycles. The Bertz CT molecular complexity index is 1240. The Hall–Kier alpha value is -3.51. The number of nitrogens with zero attached hydrogens (tertiary/aromatic N) is 2. The van der Waals surface area contributed by atoms with E-state index in [2.05, 4.69) is 5.32 Å². The van der Waals surface area contributed by atoms with E-state index < -0.39 is 0 Å². The van der Waals surface area contributed by atoms with Crippen molar-refractivity contribution in [3.05, 3.63) is 71.8 Å². The summed E-state index contributed by atoms with van der Waals surface area (Å²) in [4.78, 5) is 13.0. The van der Waals surface area contributed by atoms with Crippen LogP contribution in [0.25, 0.3) is 22.2 Å². The van der Waals surface area contributed by atoms with Gasteiger partial charge in [0.25, 0.3) is 0 Å². The zero-order valence-corrected chi connectivity index (χ0v) is 18.7. The zero-order valence-electron chi connectivity index (χ0n) is 18.0. The summed E-state index contributed by atoms with van der Waals surface area (Å²) in [7, 11) is 0. The molecule has 0 aliphatic heterocycles. The SMILES string of the molecule is CCOc1ccc(OCC)c(NC(=O)Cn2nc(-c3ccccc3)c3cc(Cl)ccc32)c1. The molecule has 4 rings (SSSR count). The molecule has 0 saturated carbocycles. The molecule has 1 amide bonds. The van der Waals surface area contributed by atoms with Gasteiger partial charge in [-0.05, 0) is 44.2 Å². The number of hydrogen-bond acceptors (Lipinski definition) is 4. The average molecular weight is 450 g/mol. The van der Waals surface area contributed by atoms with Crippen LogP contribution in [0.1, 0.15) is 13.8 Å². The summed E-state index contributed by atoms with van der Waals surface area (Å²) in [6, 6.07) is 20.8. The minimum Gasteiger partial charge on any atom is -0.494 e. The van der Waals surface area contributed by atoms with Crippen LogP contribution in [0.5, 0.6) is 11.5 Å². The van der Waals surface area contributed by atoms with E-state index in [-0.39, 0.29) is 12.5 Å². The van der Waals surface area contributed by atoms with Gasteiger partial charge in [0.2, 0.25) is 5.91 Å². The number of rotatable bonds is 8. The molecule has 1 heterocycles. The fraction of sp³-hybridized carbons (Fsp3) is 0.200. The van der Waals surface area contributed by atoms with Crippen LogP contribution in [0.15, 0.2) is 66.7 Å². The van der Waals surface area contributed by atoms with E-state index in [0.29, 0.717) is 35.4 Å². The van der Waals surface area contributed by atoms with Crippen molar-refractivity contribution in [3.63, 3.8) is 0 Å². The second kappa shape index (κ2) is 9.75. The fourth-order valence-electron chi connectivity index (χ4n) is 3.55. The summed E-state index contributed by atoms with van der Waals surface area (Å²) in [6.45, 7) is 4.87. The van der Waals surface area contributed by atoms with Crippen LogP contribution in [-0.4, -0.2) is 28.9 Å². The van der Waals surface area contributed by atoms with Gasteiger partial charge in [0, 0.05) is 22.0 Å². The first-order chi connectivity index (χ1) is 15.6. The van der Waals surface area contributed by atoms with E-state index in [9.17, 15) is 4.79 Å². The minimum atomic E-state index is -0.224. The lowest BCUT2D eigenvalue weighted by Gasteiger charge is -2.13. The Morgan fingerprint density at radius 2 is 1.78 bits per heavy atom. The molecule has 0 aliphatic carbocycles. The Labute approximate surface area is 191 Å². The van der Waals surface area contributed by atoms with Gasteiger partial charge in [-0.2, -0.15) is 5.10 Å². The van der Waals surface area contributed by atoms with Crippen molar-refractivity contribution in [1.29, 1.82) is 0 Å². The summed E-state index contributed by atoms with van der Waals surface area (Å²) in [5.41, 5.74) is 3.13. The summed E-state index contributed by atoms with van der Waals surface area (Å²) in [5, 5.41) is 9.18. The normalized spacial score (nSPS) is 10.8. The van der Waals surface area contributed by atoms with Gasteiger partial charge >= 0.3 is 0 Å². The van der Waals surface area contributed by atoms with Crippen molar-refractivity contribution in [2.24, 2.45) is 0 Å². The number of amides is 1. The van der Waals surface area contributed by atoms with Gasteiger partial charge < -0.3 is 14.8 Å². The molecule has 1 N–H and O–H groups in total. The first-order valence-electron chi connectivity index (χ1n) is 10.5. The number of hydrogen-bond donors (Lipinski definition) is 1. The Kier molecular flexibility index (Phi) is 6.61. The number of nitrogens with one attached hydrogen (secondary N) is 1. The van der Waals surface area contributed by atoms with Crippen LogP contribution < -0.4 is 14.8 Å². The first kappa shape index (κ1) is 21.7. The smallest absolute Gasteiger partial charge is 0.246 e. The van der Waals surface area contributed by atoms with Crippen LogP contribution in [0.4, 0.5) is 5.69 Å². The molecular formula is C25H24ClN3O3. The van der Waals surface area contributed by atoms with Crippen molar-refractivity contribution in [2.75, 3.05) is 18.5 Å². The van der Waals surface area contributed by atoms with Gasteiger partial charge in [0.05, 0.1) is 24.4 Å². The standard InChI is InChI=1S/C25H24ClN3O3/c1-3-31-19-11-13-23(32-4-2)21(15-19)27-24(30)16-29-22-12-10-18(26)14-20(22)25(28-29)17-8-6-5-7-9-17/h5-15H,3-4,16H2,1-2H3,(H,27,30). The van der Waals surface area contributed by atoms with E-state index in [1.54, 1.807) is 22.9 Å². The summed E-state index contributed by atoms with van der Waals surface area (Å²) in [5.74, 6) is 1.03. The van der Waals surface area contributed by atoms with Crippen molar-refractivity contribution >= 4 is 34.1 Å². The van der Waals surface area contributed by atoms with Crippen LogP contribution in [0.2, 0.25) is 5.02 Å². The number of halogens is 1. The van der Waals surface area contributed by atoms with Gasteiger partial charge in [-0.3, -0.25) is 9.48 Å². The third-order valence-electron chi connectivity index (χ3n) is 4.89. The molecule has 0 fully saturated rings. The predicted molar refractivity (Wildman–Crippen MR) is 128 cm³/mol. The highest BCUT2D eigenvalue weighted by Gasteiger charge is 2.16. The van der Waals surface area contributed by atoms with Gasteiger partial charge in [0.1, 0.15) is 23.7 Å². The highest BCUT2D eigenvalue weighted by molar-refractivity contribution is 6.31. The second-order valence-corrected chi connectivity index (χ2v) is 7.54. The van der Waals surface area contributed by atoms with Crippen molar-refractivity contribution in [2.45, 2.75) is 20.4 Å². The summed E-state index contributed by atoms with van der Waals surface area (Å²) >= 11 is 6.25. The molecule has 0 atom stereocenters. The Morgan fingerprint density at radius 1 is 1.00 bits per heavy atom. The molecule has 32 heavy (non-hydrogen) atoms. The van der Waals surface area contributed by atoms with Crippen molar-refractivity contribution < 1.29 is 14.3 Å². The molecular weight excluding hydrogens is 426 g/mol. The lowest BCUT2D eigenvalue weighted by molar-refractivity contribution is -0.116. The minimum absolute atomic E-state index is 0.0371. The molecule has 0 bridgehead atoms. The quantitative estimate of drug-likeness (QED) is 0.369. The number of carbonyl (C=O) groups is 1. The predicted octanol–water partition coefficient (Wildman–Crippen LogP) is 5.79. The summed E-state index contributed by atoms with van der Waals surface area (Å²) < 4.78 is 12.9. The van der Waals surface area contributed by atoms with E-state index in [4.69, 9.17) is 26.2 Å². The third kappa shape index (κ3) is 4.70. The van der Waals surface area contributed by atoms with Gasteiger partial charge in [-0.1, -0.05) is 41.9 Å². The maximum atomic E-state index is 13.0. The molecule has 6 nitrogen and oxygen atoms in total. The lowest BCUT2D eigenvalue weighted by Crippen LogP contribution is -2.20. The highest BCUT2D eigenvalue weighted by Crippen LogP contribution is 2.31. The number of anilines is 1. The molecule has 7 heteroatoms. The highest BCUT2D eigenvalue weighted by atomic mass is 35.5. The Morgan fingerprint density at radius 3 is 2.53 bits per heavy atom. The van der Waals surface area contributed by atoms with Crippen LogP contribution in [0, 0.1) is 0 Å². The van der Waals surface area contributed by atoms with Crippen molar-refractivity contribution in [1.82, 2.24) is 9.78 Å². The number of aromatic nitrogens is 2. The van der Waals surface area contributed by atoms with Gasteiger partial charge in [-0.25, -0.2) is 0 Å². The fourth-order valence-corrected chi connectivity index (χ4v) is 3.72. The van der Waals surface area contributed by atoms with Crippen LogP contribution >= 0.6 is 11.6 Å². The molecule has 164 valence electrons. The largest absolute Gasteiger partial charge is 0.494 e. The Balaban J connectivity index is 1.64. The zero-order chi connectivity index (χ0) is 22.5. The number of ether oxygens (including phenoxy) is 2. The monoisotopic (exact) mass is 449 g/mol. The molecule has 0 saturated heterocycles. The lowest BCUT2D eigenvalue weighted by atomic mass is 10.1. The second-order valence-electron chi connectivity index (χ2n) is 7.11. The van der Waals surface area contributed by atoms with E-state index >= 15 is 0 Å². The van der Waals surface area contributed by atoms with Gasteiger partial charge in [-0.15, -0.1) is 0 Å². The van der Waals surface area contributed by atoms with E-state index in [1.807, 2.05) is 62.4 Å². The van der Waals surface area contributed by atoms with Crippen LogP contribution in [-0.2, 0) is 11.3 Å². The molecule has 4 aromatic rings. The topological polar surface area (TPSA) is 65.4 Å². The maximum absolute atomic E-state index is 13.0. The number of benzene rings is 3. The van der Waals surface area contributed by atoms with Crippen LogP contribution in [0.3, 0.4) is 0 Å².